The van der Waals surface area contributed by atoms with Crippen LogP contribution in [0.5, 0.6) is 0 Å². The molecule has 0 amide bonds. The molecule has 2 aromatic heterocycles. The quantitative estimate of drug-likeness (QED) is 0.462. The third kappa shape index (κ3) is 3.06. The Hall–Kier alpha value is -3.89. The molecule has 0 fully saturated rings. The van der Waals surface area contributed by atoms with E-state index in [0.717, 1.165) is 32.6 Å². The molecule has 3 heterocycles. The molecule has 0 saturated heterocycles. The second kappa shape index (κ2) is 7.57. The average molecular weight is 455 g/mol. The number of rotatable bonds is 2. The molecule has 5 rings (SSSR count). The third-order valence-electron chi connectivity index (χ3n) is 6.70. The summed E-state index contributed by atoms with van der Waals surface area (Å²) in [4.78, 5) is 26.6. The Morgan fingerprint density at radius 3 is 2.41 bits per heavy atom. The van der Waals surface area contributed by atoms with E-state index in [0.29, 0.717) is 23.1 Å². The van der Waals surface area contributed by atoms with Crippen molar-refractivity contribution < 1.29 is 4.74 Å². The molecule has 1 aliphatic heterocycles. The van der Waals surface area contributed by atoms with Gasteiger partial charge in [0.2, 0.25) is 0 Å². The number of aromatic nitrogens is 3. The molecule has 0 aliphatic carbocycles. The first-order valence-electron chi connectivity index (χ1n) is 11.2. The molecular weight excluding hydrogens is 428 g/mol. The molecule has 172 valence electrons. The topological polar surface area (TPSA) is 81.9 Å². The smallest absolute Gasteiger partial charge is 0.331 e. The van der Waals surface area contributed by atoms with E-state index in [1.807, 2.05) is 37.3 Å². The Morgan fingerprint density at radius 1 is 1.06 bits per heavy atom. The summed E-state index contributed by atoms with van der Waals surface area (Å²) in [6.07, 6.45) is -0.500. The van der Waals surface area contributed by atoms with E-state index in [1.54, 1.807) is 23.7 Å². The Bertz CT molecular complexity index is 1610. The van der Waals surface area contributed by atoms with Crippen molar-refractivity contribution in [2.45, 2.75) is 32.4 Å². The third-order valence-corrected chi connectivity index (χ3v) is 6.70. The van der Waals surface area contributed by atoms with Crippen LogP contribution in [0.25, 0.3) is 22.2 Å². The zero-order valence-electron chi connectivity index (χ0n) is 19.9. The van der Waals surface area contributed by atoms with Gasteiger partial charge in [-0.25, -0.2) is 4.79 Å². The number of benzene rings is 2. The van der Waals surface area contributed by atoms with Crippen molar-refractivity contribution in [1.29, 1.82) is 5.26 Å². The van der Waals surface area contributed by atoms with Gasteiger partial charge in [-0.1, -0.05) is 35.9 Å². The summed E-state index contributed by atoms with van der Waals surface area (Å²) < 4.78 is 11.3. The maximum atomic E-state index is 13.6. The van der Waals surface area contributed by atoms with E-state index in [-0.39, 0.29) is 11.2 Å². The van der Waals surface area contributed by atoms with E-state index < -0.39 is 11.6 Å². The van der Waals surface area contributed by atoms with Gasteiger partial charge in [-0.05, 0) is 50.1 Å². The summed E-state index contributed by atoms with van der Waals surface area (Å²) in [7, 11) is 3.21. The molecular formula is C27H26N4O3. The number of hydrogen-bond donors (Lipinski definition) is 0. The normalized spacial score (nSPS) is 16.9. The minimum Gasteiger partial charge on any atom is -0.365 e. The molecule has 0 N–H and O–H groups in total. The predicted octanol–water partition coefficient (Wildman–Crippen LogP) is 3.74. The Morgan fingerprint density at radius 2 is 1.76 bits per heavy atom. The predicted molar refractivity (Wildman–Crippen MR) is 131 cm³/mol. The van der Waals surface area contributed by atoms with Crippen molar-refractivity contribution in [3.8, 4) is 17.3 Å². The fourth-order valence-electron chi connectivity index (χ4n) is 5.05. The standard InChI is InChI=1S/C27H26N4O3/c1-16-7-6-8-19(13-16)21-20-22(29(4)26(33)30(5)25(20)32)23-24(34-15-27(2,3)31(21)23)18-11-9-17(14-28)10-12-18/h6-13,24H,15H2,1-5H3/t24-/m1/s1. The second-order valence-electron chi connectivity index (χ2n) is 9.61. The number of aryl methyl sites for hydroxylation is 2. The van der Waals surface area contributed by atoms with Crippen LogP contribution in [0.15, 0.2) is 58.1 Å². The Kier molecular flexibility index (Phi) is 4.88. The molecule has 0 bridgehead atoms. The minimum absolute atomic E-state index is 0.328. The van der Waals surface area contributed by atoms with Gasteiger partial charge >= 0.3 is 5.69 Å². The molecule has 4 aromatic rings. The van der Waals surface area contributed by atoms with Crippen LogP contribution in [0.2, 0.25) is 0 Å². The maximum absolute atomic E-state index is 13.6. The van der Waals surface area contributed by atoms with E-state index in [1.165, 1.54) is 7.05 Å². The van der Waals surface area contributed by atoms with Gasteiger partial charge in [0.1, 0.15) is 6.10 Å². The van der Waals surface area contributed by atoms with E-state index in [4.69, 9.17) is 4.74 Å². The van der Waals surface area contributed by atoms with Crippen molar-refractivity contribution in [1.82, 2.24) is 13.7 Å². The van der Waals surface area contributed by atoms with Crippen molar-refractivity contribution in [2.75, 3.05) is 6.61 Å². The van der Waals surface area contributed by atoms with Crippen molar-refractivity contribution in [3.05, 3.63) is 91.8 Å². The second-order valence-corrected chi connectivity index (χ2v) is 9.61. The van der Waals surface area contributed by atoms with Crippen LogP contribution in [-0.2, 0) is 24.4 Å². The highest BCUT2D eigenvalue weighted by molar-refractivity contribution is 5.97. The van der Waals surface area contributed by atoms with Gasteiger partial charge < -0.3 is 9.30 Å². The molecule has 0 spiro atoms. The first-order chi connectivity index (χ1) is 16.2. The van der Waals surface area contributed by atoms with E-state index >= 15 is 0 Å². The Balaban J connectivity index is 1.99. The van der Waals surface area contributed by atoms with Crippen LogP contribution in [0.1, 0.15) is 42.3 Å². The number of fused-ring (bicyclic) bond motifs is 3. The van der Waals surface area contributed by atoms with Crippen LogP contribution in [0.4, 0.5) is 0 Å². The highest BCUT2D eigenvalue weighted by Gasteiger charge is 2.40. The SMILES string of the molecule is Cc1cccc(-c2c3c(=O)n(C)c(=O)n(C)c3c3n2C(C)(C)CO[C@@H]3c2ccc(C#N)cc2)c1. The fourth-order valence-corrected chi connectivity index (χ4v) is 5.05. The summed E-state index contributed by atoms with van der Waals surface area (Å²) in [5.41, 5.74) is 4.36. The summed E-state index contributed by atoms with van der Waals surface area (Å²) in [6.45, 7) is 6.59. The lowest BCUT2D eigenvalue weighted by Gasteiger charge is -2.39. The summed E-state index contributed by atoms with van der Waals surface area (Å²) in [5, 5.41) is 9.72. The van der Waals surface area contributed by atoms with Gasteiger partial charge in [-0.3, -0.25) is 13.9 Å². The summed E-state index contributed by atoms with van der Waals surface area (Å²) >= 11 is 0. The Labute approximate surface area is 197 Å². The van der Waals surface area contributed by atoms with Crippen LogP contribution in [0, 0.1) is 18.3 Å². The molecule has 1 aliphatic rings. The van der Waals surface area contributed by atoms with Gasteiger partial charge in [0, 0.05) is 14.1 Å². The average Bonchev–Trinajstić information content (AvgIpc) is 3.19. The number of nitriles is 1. The lowest BCUT2D eigenvalue weighted by atomic mass is 9.97. The zero-order valence-corrected chi connectivity index (χ0v) is 19.9. The van der Waals surface area contributed by atoms with Gasteiger partial charge in [0.05, 0.1) is 46.1 Å². The highest BCUT2D eigenvalue weighted by atomic mass is 16.5. The molecule has 7 heteroatoms. The van der Waals surface area contributed by atoms with Gasteiger partial charge in [0.15, 0.2) is 0 Å². The van der Waals surface area contributed by atoms with Gasteiger partial charge in [-0.2, -0.15) is 5.26 Å². The number of nitrogens with zero attached hydrogens (tertiary/aromatic N) is 4. The monoisotopic (exact) mass is 454 g/mol. The van der Waals surface area contributed by atoms with Crippen LogP contribution < -0.4 is 11.2 Å². The minimum atomic E-state index is -0.500. The molecule has 0 saturated carbocycles. The molecule has 1 atom stereocenters. The molecule has 0 unspecified atom stereocenters. The lowest BCUT2D eigenvalue weighted by molar-refractivity contribution is -0.00707. The number of ether oxygens (including phenoxy) is 1. The highest BCUT2D eigenvalue weighted by Crippen LogP contribution is 2.45. The maximum Gasteiger partial charge on any atom is 0.331 e. The van der Waals surface area contributed by atoms with Crippen molar-refractivity contribution in [2.24, 2.45) is 14.1 Å². The zero-order chi connectivity index (χ0) is 24.4. The first kappa shape index (κ1) is 21.9. The lowest BCUT2D eigenvalue weighted by Crippen LogP contribution is -2.40. The molecule has 0 radical (unpaired) electrons. The van der Waals surface area contributed by atoms with E-state index in [9.17, 15) is 14.9 Å². The van der Waals surface area contributed by atoms with Crippen molar-refractivity contribution >= 4 is 10.9 Å². The first-order valence-corrected chi connectivity index (χ1v) is 11.2. The van der Waals surface area contributed by atoms with Crippen LogP contribution in [-0.4, -0.2) is 20.3 Å². The fraction of sp³-hybridized carbons (Fsp3) is 0.296. The largest absolute Gasteiger partial charge is 0.365 e. The number of hydrogen-bond acceptors (Lipinski definition) is 4. The van der Waals surface area contributed by atoms with E-state index in [2.05, 4.69) is 30.6 Å². The van der Waals surface area contributed by atoms with Gasteiger partial charge in [-0.15, -0.1) is 0 Å². The molecule has 34 heavy (non-hydrogen) atoms. The molecule has 7 nitrogen and oxygen atoms in total. The molecule has 2 aromatic carbocycles. The summed E-state index contributed by atoms with van der Waals surface area (Å²) in [6, 6.07) is 17.5. The van der Waals surface area contributed by atoms with Crippen LogP contribution in [0.3, 0.4) is 0 Å². The summed E-state index contributed by atoms with van der Waals surface area (Å²) in [5.74, 6) is 0. The van der Waals surface area contributed by atoms with Gasteiger partial charge in [0.25, 0.3) is 5.56 Å². The van der Waals surface area contributed by atoms with Crippen LogP contribution >= 0.6 is 0 Å². The van der Waals surface area contributed by atoms with Crippen molar-refractivity contribution in [3.63, 3.8) is 0 Å².